The van der Waals surface area contributed by atoms with Crippen LogP contribution < -0.4 is 11.1 Å². The van der Waals surface area contributed by atoms with E-state index in [1.807, 2.05) is 0 Å². The van der Waals surface area contributed by atoms with Crippen molar-refractivity contribution in [2.24, 2.45) is 40.3 Å². The molecule has 4 unspecified atom stereocenters. The summed E-state index contributed by atoms with van der Waals surface area (Å²) in [7, 11) is 0. The van der Waals surface area contributed by atoms with E-state index in [-0.39, 0.29) is 59.5 Å². The number of imide groups is 1. The van der Waals surface area contributed by atoms with Gasteiger partial charge < -0.3 is 11.1 Å². The van der Waals surface area contributed by atoms with Gasteiger partial charge in [-0.3, -0.25) is 19.5 Å². The lowest BCUT2D eigenvalue weighted by atomic mass is 9.85. The number of fused-ring (bicyclic) bond motifs is 5. The van der Waals surface area contributed by atoms with Crippen LogP contribution in [0.4, 0.5) is 0 Å². The number of hydrogen-bond donors (Lipinski definition) is 2. The van der Waals surface area contributed by atoms with E-state index >= 15 is 0 Å². The fourth-order valence-electron chi connectivity index (χ4n) is 3.82. The first-order valence-corrected chi connectivity index (χ1v) is 8.06. The molecule has 3 aliphatic rings. The van der Waals surface area contributed by atoms with Gasteiger partial charge in [0.05, 0.1) is 11.8 Å². The molecular weight excluding hydrogens is 407 g/mol. The molecule has 1 aliphatic heterocycles. The van der Waals surface area contributed by atoms with Gasteiger partial charge in [0.15, 0.2) is 5.96 Å². The topological polar surface area (TPSA) is 87.8 Å². The van der Waals surface area contributed by atoms with Crippen LogP contribution in [-0.2, 0) is 9.59 Å². The normalized spacial score (nSPS) is 31.8. The minimum absolute atomic E-state index is 0. The van der Waals surface area contributed by atoms with Crippen LogP contribution in [0.15, 0.2) is 17.1 Å². The summed E-state index contributed by atoms with van der Waals surface area (Å²) in [6, 6.07) is 0. The summed E-state index contributed by atoms with van der Waals surface area (Å²) in [5.74, 6) is 1.10. The molecule has 2 bridgehead atoms. The van der Waals surface area contributed by atoms with Gasteiger partial charge in [-0.2, -0.15) is 0 Å². The van der Waals surface area contributed by atoms with Gasteiger partial charge in [0, 0.05) is 19.6 Å². The Hall–Kier alpha value is -1.12. The van der Waals surface area contributed by atoms with Crippen molar-refractivity contribution < 1.29 is 9.59 Å². The Morgan fingerprint density at radius 1 is 1.30 bits per heavy atom. The first-order valence-electron chi connectivity index (χ1n) is 8.06. The highest BCUT2D eigenvalue weighted by molar-refractivity contribution is 14.0. The first-order chi connectivity index (χ1) is 10.5. The average Bonchev–Trinajstić information content (AvgIpc) is 3.14. The summed E-state index contributed by atoms with van der Waals surface area (Å²) in [6.07, 6.45) is 5.18. The summed E-state index contributed by atoms with van der Waals surface area (Å²) >= 11 is 0. The van der Waals surface area contributed by atoms with E-state index in [4.69, 9.17) is 5.73 Å². The molecule has 1 saturated heterocycles. The molecule has 0 aromatic rings. The molecule has 0 radical (unpaired) electrons. The van der Waals surface area contributed by atoms with Crippen molar-refractivity contribution in [2.45, 2.75) is 20.3 Å². The lowest BCUT2D eigenvalue weighted by Crippen LogP contribution is -2.42. The van der Waals surface area contributed by atoms with Crippen LogP contribution in [0.2, 0.25) is 0 Å². The third-order valence-corrected chi connectivity index (χ3v) is 4.83. The highest BCUT2D eigenvalue weighted by Crippen LogP contribution is 2.52. The molecule has 7 heteroatoms. The van der Waals surface area contributed by atoms with Crippen LogP contribution >= 0.6 is 24.0 Å². The van der Waals surface area contributed by atoms with Crippen molar-refractivity contribution in [3.8, 4) is 0 Å². The smallest absolute Gasteiger partial charge is 0.233 e. The maximum absolute atomic E-state index is 12.5. The SMILES string of the molecule is CC(C)CN=C(N)NCCN1C(=O)C2C3C=CC(C3)C2C1=O.I. The minimum Gasteiger partial charge on any atom is -0.370 e. The lowest BCUT2D eigenvalue weighted by Gasteiger charge is -2.17. The second-order valence-corrected chi connectivity index (χ2v) is 6.87. The lowest BCUT2D eigenvalue weighted by molar-refractivity contribution is -0.140. The molecule has 2 fully saturated rings. The summed E-state index contributed by atoms with van der Waals surface area (Å²) in [5, 5.41) is 2.98. The van der Waals surface area contributed by atoms with Gasteiger partial charge in [0.2, 0.25) is 11.8 Å². The van der Waals surface area contributed by atoms with Crippen LogP contribution in [0.25, 0.3) is 0 Å². The number of nitrogens with one attached hydrogen (secondary N) is 1. The second-order valence-electron chi connectivity index (χ2n) is 6.87. The number of nitrogens with two attached hydrogens (primary N) is 1. The first kappa shape index (κ1) is 18.2. The predicted molar refractivity (Wildman–Crippen MR) is 99.2 cm³/mol. The molecule has 3 N–H and O–H groups in total. The number of amides is 2. The molecule has 6 nitrogen and oxygen atoms in total. The quantitative estimate of drug-likeness (QED) is 0.223. The molecule has 4 atom stereocenters. The molecule has 0 spiro atoms. The summed E-state index contributed by atoms with van der Waals surface area (Å²) < 4.78 is 0. The fraction of sp³-hybridized carbons (Fsp3) is 0.688. The Kier molecular flexibility index (Phi) is 5.70. The third kappa shape index (κ3) is 3.39. The standard InChI is InChI=1S/C16H24N4O2.HI/c1-9(2)8-19-16(17)18-5-6-20-14(21)12-10-3-4-11(7-10)13(12)15(20)22;/h3-4,9-13H,5-8H2,1-2H3,(H3,17,18,19);1H. The summed E-state index contributed by atoms with van der Waals surface area (Å²) in [6.45, 7) is 5.62. The van der Waals surface area contributed by atoms with Gasteiger partial charge in [0.1, 0.15) is 0 Å². The zero-order valence-electron chi connectivity index (χ0n) is 13.6. The number of halogens is 1. The van der Waals surface area contributed by atoms with E-state index in [0.29, 0.717) is 31.5 Å². The van der Waals surface area contributed by atoms with Gasteiger partial charge >= 0.3 is 0 Å². The third-order valence-electron chi connectivity index (χ3n) is 4.83. The number of aliphatic imine (C=N–C) groups is 1. The Morgan fingerprint density at radius 2 is 1.87 bits per heavy atom. The van der Waals surface area contributed by atoms with Crippen molar-refractivity contribution in [2.75, 3.05) is 19.6 Å². The summed E-state index contributed by atoms with van der Waals surface area (Å²) in [5.41, 5.74) is 5.76. The largest absolute Gasteiger partial charge is 0.370 e. The van der Waals surface area contributed by atoms with Crippen LogP contribution in [0, 0.1) is 29.6 Å². The van der Waals surface area contributed by atoms with Gasteiger partial charge in [-0.25, -0.2) is 0 Å². The van der Waals surface area contributed by atoms with Crippen molar-refractivity contribution in [3.05, 3.63) is 12.2 Å². The number of guanidine groups is 1. The molecule has 128 valence electrons. The molecule has 0 aromatic carbocycles. The molecule has 2 aliphatic carbocycles. The van der Waals surface area contributed by atoms with E-state index in [2.05, 4.69) is 36.3 Å². The second kappa shape index (κ2) is 7.19. The van der Waals surface area contributed by atoms with Crippen molar-refractivity contribution >= 4 is 41.8 Å². The Bertz CT molecular complexity index is 516. The Morgan fingerprint density at radius 3 is 2.39 bits per heavy atom. The van der Waals surface area contributed by atoms with Crippen LogP contribution in [-0.4, -0.2) is 42.3 Å². The van der Waals surface area contributed by atoms with Gasteiger partial charge in [-0.15, -0.1) is 24.0 Å². The maximum atomic E-state index is 12.5. The average molecular weight is 432 g/mol. The molecule has 0 aromatic heterocycles. The maximum Gasteiger partial charge on any atom is 0.233 e. The number of likely N-dealkylation sites (tertiary alicyclic amines) is 1. The van der Waals surface area contributed by atoms with E-state index in [1.54, 1.807) is 0 Å². The Labute approximate surface area is 154 Å². The predicted octanol–water partition coefficient (Wildman–Crippen LogP) is 0.972. The van der Waals surface area contributed by atoms with E-state index in [1.165, 1.54) is 4.90 Å². The molecule has 1 saturated carbocycles. The van der Waals surface area contributed by atoms with Crippen molar-refractivity contribution in [1.82, 2.24) is 10.2 Å². The number of hydrogen-bond acceptors (Lipinski definition) is 3. The molecule has 3 rings (SSSR count). The molecule has 1 heterocycles. The number of nitrogens with zero attached hydrogens (tertiary/aromatic N) is 2. The highest BCUT2D eigenvalue weighted by Gasteiger charge is 2.58. The van der Waals surface area contributed by atoms with Gasteiger partial charge in [-0.05, 0) is 24.2 Å². The van der Waals surface area contributed by atoms with E-state index < -0.39 is 0 Å². The van der Waals surface area contributed by atoms with Gasteiger partial charge in [-0.1, -0.05) is 26.0 Å². The van der Waals surface area contributed by atoms with Gasteiger partial charge in [0.25, 0.3) is 0 Å². The fourth-order valence-corrected chi connectivity index (χ4v) is 3.82. The van der Waals surface area contributed by atoms with Crippen LogP contribution in [0.5, 0.6) is 0 Å². The zero-order chi connectivity index (χ0) is 15.9. The molecule has 23 heavy (non-hydrogen) atoms. The highest BCUT2D eigenvalue weighted by atomic mass is 127. The number of rotatable bonds is 5. The van der Waals surface area contributed by atoms with Crippen LogP contribution in [0.3, 0.4) is 0 Å². The monoisotopic (exact) mass is 432 g/mol. The molecular formula is C16H25IN4O2. The van der Waals surface area contributed by atoms with E-state index in [9.17, 15) is 9.59 Å². The van der Waals surface area contributed by atoms with Crippen molar-refractivity contribution in [1.29, 1.82) is 0 Å². The molecule has 2 amide bonds. The van der Waals surface area contributed by atoms with E-state index in [0.717, 1.165) is 6.42 Å². The zero-order valence-corrected chi connectivity index (χ0v) is 15.9. The number of carbonyl (C=O) groups excluding carboxylic acids is 2. The van der Waals surface area contributed by atoms with Crippen molar-refractivity contribution in [3.63, 3.8) is 0 Å². The number of allylic oxidation sites excluding steroid dienone is 2. The minimum atomic E-state index is -0.116. The van der Waals surface area contributed by atoms with Crippen LogP contribution in [0.1, 0.15) is 20.3 Å². The number of carbonyl (C=O) groups is 2. The summed E-state index contributed by atoms with van der Waals surface area (Å²) in [4.78, 5) is 30.5. The Balaban J connectivity index is 0.00000192.